The molecule has 0 unspecified atom stereocenters. The molecule has 0 aromatic heterocycles. The van der Waals surface area contributed by atoms with Crippen molar-refractivity contribution in [2.75, 3.05) is 37.7 Å². The summed E-state index contributed by atoms with van der Waals surface area (Å²) in [6.45, 7) is 8.80. The standard InChI is InChI=1S/C23H35N3OS/c1-3-5-14-26(15-6-4-2)16-7-17-27-19-8-10-20(11-9-19)28-21-12-13-22(24)23(25)18-21/h8-13,18H,3-7,14-17,24-25H2,1-2H3. The van der Waals surface area contributed by atoms with Gasteiger partial charge < -0.3 is 21.1 Å². The van der Waals surface area contributed by atoms with Crippen molar-refractivity contribution < 1.29 is 4.74 Å². The average Bonchev–Trinajstić information content (AvgIpc) is 2.70. The minimum Gasteiger partial charge on any atom is -0.494 e. The SMILES string of the molecule is CCCCN(CCCC)CCCOc1ccc(Sc2ccc(N)c(N)c2)cc1. The zero-order chi connectivity index (χ0) is 20.2. The molecule has 5 heteroatoms. The van der Waals surface area contributed by atoms with E-state index < -0.39 is 0 Å². The zero-order valence-electron chi connectivity index (χ0n) is 17.3. The number of hydrogen-bond acceptors (Lipinski definition) is 5. The fourth-order valence-corrected chi connectivity index (χ4v) is 3.80. The van der Waals surface area contributed by atoms with Crippen LogP contribution in [0.25, 0.3) is 0 Å². The quantitative estimate of drug-likeness (QED) is 0.334. The normalized spacial score (nSPS) is 11.1. The first-order valence-corrected chi connectivity index (χ1v) is 11.2. The van der Waals surface area contributed by atoms with Gasteiger partial charge >= 0.3 is 0 Å². The Morgan fingerprint density at radius 2 is 1.39 bits per heavy atom. The third-order valence-corrected chi connectivity index (χ3v) is 5.66. The Morgan fingerprint density at radius 3 is 2.00 bits per heavy atom. The van der Waals surface area contributed by atoms with Crippen molar-refractivity contribution in [1.82, 2.24) is 4.90 Å². The van der Waals surface area contributed by atoms with Crippen molar-refractivity contribution in [2.24, 2.45) is 0 Å². The van der Waals surface area contributed by atoms with Crippen LogP contribution in [0.5, 0.6) is 5.75 Å². The third-order valence-electron chi connectivity index (χ3n) is 4.66. The first kappa shape index (κ1) is 22.4. The second-order valence-electron chi connectivity index (χ2n) is 7.11. The molecular formula is C23H35N3OS. The predicted octanol–water partition coefficient (Wildman–Crippen LogP) is 5.67. The maximum Gasteiger partial charge on any atom is 0.119 e. The number of nitrogens with two attached hydrogens (primary N) is 2. The first-order chi connectivity index (χ1) is 13.6. The van der Waals surface area contributed by atoms with Gasteiger partial charge in [-0.1, -0.05) is 38.5 Å². The number of anilines is 2. The van der Waals surface area contributed by atoms with Crippen molar-refractivity contribution in [1.29, 1.82) is 0 Å². The molecule has 0 saturated heterocycles. The number of nitrogen functional groups attached to an aromatic ring is 2. The van der Waals surface area contributed by atoms with Crippen LogP contribution in [0, 0.1) is 0 Å². The van der Waals surface area contributed by atoms with Crippen LogP contribution < -0.4 is 16.2 Å². The highest BCUT2D eigenvalue weighted by Gasteiger charge is 2.05. The Morgan fingerprint density at radius 1 is 0.786 bits per heavy atom. The van der Waals surface area contributed by atoms with Gasteiger partial charge in [0, 0.05) is 16.3 Å². The van der Waals surface area contributed by atoms with Gasteiger partial charge in [-0.15, -0.1) is 0 Å². The number of unbranched alkanes of at least 4 members (excludes halogenated alkanes) is 2. The van der Waals surface area contributed by atoms with Crippen molar-refractivity contribution in [2.45, 2.75) is 55.7 Å². The van der Waals surface area contributed by atoms with Gasteiger partial charge in [0.1, 0.15) is 5.75 Å². The van der Waals surface area contributed by atoms with E-state index in [4.69, 9.17) is 16.2 Å². The highest BCUT2D eigenvalue weighted by molar-refractivity contribution is 7.99. The lowest BCUT2D eigenvalue weighted by Crippen LogP contribution is -2.28. The van der Waals surface area contributed by atoms with Crippen LogP contribution in [0.2, 0.25) is 0 Å². The Kier molecular flexibility index (Phi) is 10.1. The molecule has 2 aromatic carbocycles. The summed E-state index contributed by atoms with van der Waals surface area (Å²) in [5.74, 6) is 0.926. The zero-order valence-corrected chi connectivity index (χ0v) is 18.1. The second-order valence-corrected chi connectivity index (χ2v) is 8.26. The number of hydrogen-bond donors (Lipinski definition) is 2. The van der Waals surface area contributed by atoms with Gasteiger partial charge in [-0.05, 0) is 74.8 Å². The fourth-order valence-electron chi connectivity index (χ4n) is 2.93. The monoisotopic (exact) mass is 401 g/mol. The Bertz CT molecular complexity index is 683. The van der Waals surface area contributed by atoms with Crippen LogP contribution in [0.3, 0.4) is 0 Å². The summed E-state index contributed by atoms with van der Waals surface area (Å²) in [4.78, 5) is 4.82. The van der Waals surface area contributed by atoms with Crippen LogP contribution in [-0.4, -0.2) is 31.1 Å². The van der Waals surface area contributed by atoms with E-state index in [0.717, 1.165) is 35.1 Å². The van der Waals surface area contributed by atoms with E-state index in [-0.39, 0.29) is 0 Å². The van der Waals surface area contributed by atoms with E-state index in [9.17, 15) is 0 Å². The van der Waals surface area contributed by atoms with E-state index in [2.05, 4.69) is 30.9 Å². The lowest BCUT2D eigenvalue weighted by Gasteiger charge is -2.21. The van der Waals surface area contributed by atoms with E-state index in [0.29, 0.717) is 11.4 Å². The van der Waals surface area contributed by atoms with Crippen LogP contribution >= 0.6 is 11.8 Å². The molecule has 154 valence electrons. The van der Waals surface area contributed by atoms with E-state index in [1.165, 1.54) is 38.8 Å². The molecule has 0 aliphatic carbocycles. The molecular weight excluding hydrogens is 366 g/mol. The molecule has 0 amide bonds. The van der Waals surface area contributed by atoms with Crippen LogP contribution in [0.1, 0.15) is 46.0 Å². The molecule has 0 atom stereocenters. The lowest BCUT2D eigenvalue weighted by atomic mass is 10.2. The summed E-state index contributed by atoms with van der Waals surface area (Å²) in [5.41, 5.74) is 12.9. The molecule has 2 rings (SSSR count). The van der Waals surface area contributed by atoms with Crippen molar-refractivity contribution >= 4 is 23.1 Å². The molecule has 0 radical (unpaired) electrons. The highest BCUT2D eigenvalue weighted by atomic mass is 32.2. The van der Waals surface area contributed by atoms with Crippen LogP contribution in [-0.2, 0) is 0 Å². The molecule has 0 saturated carbocycles. The smallest absolute Gasteiger partial charge is 0.119 e. The number of rotatable bonds is 13. The highest BCUT2D eigenvalue weighted by Crippen LogP contribution is 2.31. The third kappa shape index (κ3) is 8.03. The predicted molar refractivity (Wildman–Crippen MR) is 122 cm³/mol. The second kappa shape index (κ2) is 12.6. The summed E-state index contributed by atoms with van der Waals surface area (Å²) in [5, 5.41) is 0. The minimum atomic E-state index is 0.621. The Hall–Kier alpha value is -1.85. The maximum atomic E-state index is 5.93. The molecule has 4 nitrogen and oxygen atoms in total. The summed E-state index contributed by atoms with van der Waals surface area (Å²) in [6.07, 6.45) is 6.14. The molecule has 0 aliphatic rings. The summed E-state index contributed by atoms with van der Waals surface area (Å²) in [7, 11) is 0. The molecule has 0 aliphatic heterocycles. The number of benzene rings is 2. The van der Waals surface area contributed by atoms with E-state index in [1.54, 1.807) is 11.8 Å². The van der Waals surface area contributed by atoms with E-state index in [1.807, 2.05) is 30.3 Å². The van der Waals surface area contributed by atoms with Crippen LogP contribution in [0.15, 0.2) is 52.3 Å². The molecule has 28 heavy (non-hydrogen) atoms. The van der Waals surface area contributed by atoms with Gasteiger partial charge in [0.2, 0.25) is 0 Å². The maximum absolute atomic E-state index is 5.93. The molecule has 0 heterocycles. The molecule has 0 fully saturated rings. The lowest BCUT2D eigenvalue weighted by molar-refractivity contribution is 0.229. The van der Waals surface area contributed by atoms with Gasteiger partial charge in [-0.3, -0.25) is 0 Å². The van der Waals surface area contributed by atoms with Crippen molar-refractivity contribution in [3.05, 3.63) is 42.5 Å². The summed E-state index contributed by atoms with van der Waals surface area (Å²) >= 11 is 1.67. The minimum absolute atomic E-state index is 0.621. The van der Waals surface area contributed by atoms with E-state index >= 15 is 0 Å². The summed E-state index contributed by atoms with van der Waals surface area (Å²) in [6, 6.07) is 14.0. The molecule has 0 spiro atoms. The number of nitrogens with zero attached hydrogens (tertiary/aromatic N) is 1. The van der Waals surface area contributed by atoms with Gasteiger partial charge in [-0.2, -0.15) is 0 Å². The van der Waals surface area contributed by atoms with Gasteiger partial charge in [-0.25, -0.2) is 0 Å². The summed E-state index contributed by atoms with van der Waals surface area (Å²) < 4.78 is 5.93. The topological polar surface area (TPSA) is 64.5 Å². The first-order valence-electron chi connectivity index (χ1n) is 10.4. The Labute approximate surface area is 174 Å². The van der Waals surface area contributed by atoms with Gasteiger partial charge in [0.05, 0.1) is 18.0 Å². The van der Waals surface area contributed by atoms with Crippen molar-refractivity contribution in [3.8, 4) is 5.75 Å². The molecule has 0 bridgehead atoms. The average molecular weight is 402 g/mol. The number of ether oxygens (including phenoxy) is 1. The Balaban J connectivity index is 1.74. The molecule has 4 N–H and O–H groups in total. The fraction of sp³-hybridized carbons (Fsp3) is 0.478. The molecule has 2 aromatic rings. The largest absolute Gasteiger partial charge is 0.494 e. The van der Waals surface area contributed by atoms with Gasteiger partial charge in [0.25, 0.3) is 0 Å². The van der Waals surface area contributed by atoms with Crippen LogP contribution in [0.4, 0.5) is 11.4 Å². The van der Waals surface area contributed by atoms with Gasteiger partial charge in [0.15, 0.2) is 0 Å². The van der Waals surface area contributed by atoms with Crippen molar-refractivity contribution in [3.63, 3.8) is 0 Å².